The molecule has 0 bridgehead atoms. The van der Waals surface area contributed by atoms with Crippen LogP contribution in [-0.4, -0.2) is 72.8 Å². The van der Waals surface area contributed by atoms with Crippen molar-refractivity contribution in [3.05, 3.63) is 35.4 Å². The van der Waals surface area contributed by atoms with E-state index in [1.165, 1.54) is 0 Å². The van der Waals surface area contributed by atoms with E-state index in [2.05, 4.69) is 10.6 Å². The first kappa shape index (κ1) is 22.2. The standard InChI is InChI=1S/C20H28N4O3.ClH/c1-2-8-22-19(26)15-5-3-6-16(12-15)20(27)23-10-4-7-17(14-23)24-11-9-21-13-18(24)25;/h3,5-6,12,17,21H,2,4,7-11,13-14H2,1H3,(H,22,26);1H. The predicted molar refractivity (Wildman–Crippen MR) is 110 cm³/mol. The molecule has 0 radical (unpaired) electrons. The number of likely N-dealkylation sites (tertiary alicyclic amines) is 1. The summed E-state index contributed by atoms with van der Waals surface area (Å²) in [6.45, 7) is 5.71. The van der Waals surface area contributed by atoms with Crippen molar-refractivity contribution in [3.63, 3.8) is 0 Å². The molecule has 0 aliphatic carbocycles. The number of rotatable bonds is 5. The molecule has 7 nitrogen and oxygen atoms in total. The van der Waals surface area contributed by atoms with Crippen molar-refractivity contribution >= 4 is 30.1 Å². The van der Waals surface area contributed by atoms with Crippen LogP contribution < -0.4 is 10.6 Å². The fraction of sp³-hybridized carbons (Fsp3) is 0.550. The average Bonchev–Trinajstić information content (AvgIpc) is 2.72. The van der Waals surface area contributed by atoms with Gasteiger partial charge in [-0.15, -0.1) is 12.4 Å². The summed E-state index contributed by atoms with van der Waals surface area (Å²) in [5.74, 6) is -0.128. The highest BCUT2D eigenvalue weighted by Gasteiger charge is 2.32. The van der Waals surface area contributed by atoms with Gasteiger partial charge in [0, 0.05) is 49.9 Å². The molecule has 3 rings (SSSR count). The highest BCUT2D eigenvalue weighted by atomic mass is 35.5. The van der Waals surface area contributed by atoms with Crippen LogP contribution in [0.25, 0.3) is 0 Å². The maximum Gasteiger partial charge on any atom is 0.253 e. The Morgan fingerprint density at radius 1 is 1.25 bits per heavy atom. The first-order chi connectivity index (χ1) is 13.1. The zero-order valence-corrected chi connectivity index (χ0v) is 17.1. The number of halogens is 1. The van der Waals surface area contributed by atoms with E-state index in [0.717, 1.165) is 25.8 Å². The van der Waals surface area contributed by atoms with Gasteiger partial charge in [-0.3, -0.25) is 14.4 Å². The summed E-state index contributed by atoms with van der Waals surface area (Å²) in [5, 5.41) is 5.92. The lowest BCUT2D eigenvalue weighted by molar-refractivity contribution is -0.135. The summed E-state index contributed by atoms with van der Waals surface area (Å²) in [5.41, 5.74) is 1.02. The zero-order chi connectivity index (χ0) is 19.2. The van der Waals surface area contributed by atoms with Crippen molar-refractivity contribution in [1.29, 1.82) is 0 Å². The zero-order valence-electron chi connectivity index (χ0n) is 16.3. The molecule has 1 atom stereocenters. The Hall–Kier alpha value is -2.12. The lowest BCUT2D eigenvalue weighted by Gasteiger charge is -2.41. The predicted octanol–water partition coefficient (Wildman–Crippen LogP) is 1.28. The van der Waals surface area contributed by atoms with Gasteiger partial charge in [0.25, 0.3) is 11.8 Å². The van der Waals surface area contributed by atoms with Crippen LogP contribution in [0, 0.1) is 0 Å². The number of piperazine rings is 1. The molecule has 8 heteroatoms. The number of nitrogens with one attached hydrogen (secondary N) is 2. The summed E-state index contributed by atoms with van der Waals surface area (Å²) in [6.07, 6.45) is 2.67. The normalized spacial score (nSPS) is 19.8. The molecule has 0 aromatic heterocycles. The molecule has 1 unspecified atom stereocenters. The molecule has 2 aliphatic heterocycles. The first-order valence-electron chi connectivity index (χ1n) is 9.78. The largest absolute Gasteiger partial charge is 0.352 e. The average molecular weight is 409 g/mol. The number of hydrogen-bond donors (Lipinski definition) is 2. The number of benzene rings is 1. The topological polar surface area (TPSA) is 81.8 Å². The number of nitrogens with zero attached hydrogens (tertiary/aromatic N) is 2. The maximum atomic E-state index is 13.0. The van der Waals surface area contributed by atoms with Gasteiger partial charge in [0.15, 0.2) is 0 Å². The summed E-state index contributed by atoms with van der Waals surface area (Å²) in [6, 6.07) is 6.95. The summed E-state index contributed by atoms with van der Waals surface area (Å²) in [7, 11) is 0. The van der Waals surface area contributed by atoms with Crippen molar-refractivity contribution in [1.82, 2.24) is 20.4 Å². The van der Waals surface area contributed by atoms with Crippen LogP contribution in [0.2, 0.25) is 0 Å². The molecule has 2 fully saturated rings. The van der Waals surface area contributed by atoms with Crippen LogP contribution in [0.3, 0.4) is 0 Å². The van der Waals surface area contributed by atoms with Gasteiger partial charge in [0.1, 0.15) is 0 Å². The van der Waals surface area contributed by atoms with Gasteiger partial charge in [-0.05, 0) is 37.5 Å². The van der Waals surface area contributed by atoms with Gasteiger partial charge in [-0.2, -0.15) is 0 Å². The Balaban J connectivity index is 0.00000280. The van der Waals surface area contributed by atoms with Crippen LogP contribution >= 0.6 is 12.4 Å². The van der Waals surface area contributed by atoms with Crippen LogP contribution in [0.4, 0.5) is 0 Å². The van der Waals surface area contributed by atoms with E-state index in [9.17, 15) is 14.4 Å². The fourth-order valence-corrected chi connectivity index (χ4v) is 3.72. The molecule has 0 saturated carbocycles. The van der Waals surface area contributed by atoms with E-state index < -0.39 is 0 Å². The second kappa shape index (κ2) is 10.4. The molecular formula is C20H29ClN4O3. The molecule has 0 spiro atoms. The van der Waals surface area contributed by atoms with Crippen LogP contribution in [0.5, 0.6) is 0 Å². The number of hydrogen-bond acceptors (Lipinski definition) is 4. The second-order valence-electron chi connectivity index (χ2n) is 7.15. The van der Waals surface area contributed by atoms with E-state index in [0.29, 0.717) is 43.9 Å². The molecule has 2 aliphatic rings. The third-order valence-electron chi connectivity index (χ3n) is 5.16. The molecular weight excluding hydrogens is 380 g/mol. The summed E-state index contributed by atoms with van der Waals surface area (Å²) < 4.78 is 0. The third-order valence-corrected chi connectivity index (χ3v) is 5.16. The lowest BCUT2D eigenvalue weighted by Crippen LogP contribution is -2.57. The van der Waals surface area contributed by atoms with Crippen LogP contribution in [-0.2, 0) is 4.79 Å². The van der Waals surface area contributed by atoms with Gasteiger partial charge >= 0.3 is 0 Å². The highest BCUT2D eigenvalue weighted by molar-refractivity contribution is 5.99. The third kappa shape index (κ3) is 5.23. The Morgan fingerprint density at radius 2 is 2.04 bits per heavy atom. The van der Waals surface area contributed by atoms with Gasteiger partial charge in [-0.25, -0.2) is 0 Å². The van der Waals surface area contributed by atoms with Crippen LogP contribution in [0.1, 0.15) is 46.9 Å². The fourth-order valence-electron chi connectivity index (χ4n) is 3.72. The molecule has 2 N–H and O–H groups in total. The highest BCUT2D eigenvalue weighted by Crippen LogP contribution is 2.19. The minimum absolute atomic E-state index is 0. The quantitative estimate of drug-likeness (QED) is 0.769. The summed E-state index contributed by atoms with van der Waals surface area (Å²) >= 11 is 0. The first-order valence-corrected chi connectivity index (χ1v) is 9.78. The number of carbonyl (C=O) groups is 3. The van der Waals surface area contributed by atoms with Gasteiger partial charge in [-0.1, -0.05) is 13.0 Å². The molecule has 1 aromatic carbocycles. The van der Waals surface area contributed by atoms with Crippen molar-refractivity contribution in [2.45, 2.75) is 32.2 Å². The number of amides is 3. The monoisotopic (exact) mass is 408 g/mol. The second-order valence-corrected chi connectivity index (χ2v) is 7.15. The summed E-state index contributed by atoms with van der Waals surface area (Å²) in [4.78, 5) is 41.0. The van der Waals surface area contributed by atoms with E-state index in [4.69, 9.17) is 0 Å². The Bertz CT molecular complexity index is 712. The van der Waals surface area contributed by atoms with Crippen LogP contribution in [0.15, 0.2) is 24.3 Å². The number of carbonyl (C=O) groups excluding carboxylic acids is 3. The molecule has 154 valence electrons. The van der Waals surface area contributed by atoms with Crippen molar-refractivity contribution in [2.24, 2.45) is 0 Å². The van der Waals surface area contributed by atoms with Gasteiger partial charge in [0.2, 0.25) is 5.91 Å². The molecule has 1 aromatic rings. The van der Waals surface area contributed by atoms with Gasteiger partial charge < -0.3 is 20.4 Å². The van der Waals surface area contributed by atoms with E-state index in [1.807, 2.05) is 16.7 Å². The minimum Gasteiger partial charge on any atom is -0.352 e. The molecule has 28 heavy (non-hydrogen) atoms. The van der Waals surface area contributed by atoms with Crippen molar-refractivity contribution in [2.75, 3.05) is 39.3 Å². The lowest BCUT2D eigenvalue weighted by atomic mass is 10.0. The molecule has 3 amide bonds. The Kier molecular flexibility index (Phi) is 8.26. The maximum absolute atomic E-state index is 13.0. The van der Waals surface area contributed by atoms with E-state index in [-0.39, 0.29) is 36.2 Å². The molecule has 2 saturated heterocycles. The smallest absolute Gasteiger partial charge is 0.253 e. The van der Waals surface area contributed by atoms with Crippen molar-refractivity contribution in [3.8, 4) is 0 Å². The SMILES string of the molecule is CCCNC(=O)c1cccc(C(=O)N2CCCC(N3CCNCC3=O)C2)c1.Cl. The Labute approximate surface area is 172 Å². The minimum atomic E-state index is -0.158. The van der Waals surface area contributed by atoms with Crippen molar-refractivity contribution < 1.29 is 14.4 Å². The van der Waals surface area contributed by atoms with E-state index >= 15 is 0 Å². The Morgan fingerprint density at radius 3 is 2.79 bits per heavy atom. The van der Waals surface area contributed by atoms with E-state index in [1.54, 1.807) is 24.3 Å². The number of piperidine rings is 1. The molecule has 2 heterocycles. The van der Waals surface area contributed by atoms with Gasteiger partial charge in [0.05, 0.1) is 6.54 Å².